The zero-order valence-electron chi connectivity index (χ0n) is 14.6. The van der Waals surface area contributed by atoms with Crippen LogP contribution in [0.3, 0.4) is 0 Å². The van der Waals surface area contributed by atoms with E-state index in [1.54, 1.807) is 41.2 Å². The van der Waals surface area contributed by atoms with Crippen LogP contribution in [-0.2, 0) is 9.84 Å². The Hall–Kier alpha value is -2.54. The van der Waals surface area contributed by atoms with E-state index in [4.69, 9.17) is 4.74 Å². The SMILES string of the molecule is COc1ccc(N2C(=O)N(c3cccc(C)c3)[C@H]3CS(=O)(=O)C[C@H]32)cc1. The zero-order chi connectivity index (χ0) is 18.5. The van der Waals surface area contributed by atoms with Crippen molar-refractivity contribution in [1.29, 1.82) is 0 Å². The number of carbonyl (C=O) groups excluding carboxylic acids is 1. The van der Waals surface area contributed by atoms with Gasteiger partial charge in [-0.1, -0.05) is 12.1 Å². The van der Waals surface area contributed by atoms with Gasteiger partial charge in [0.25, 0.3) is 0 Å². The Kier molecular flexibility index (Phi) is 3.91. The van der Waals surface area contributed by atoms with Crippen molar-refractivity contribution in [3.63, 3.8) is 0 Å². The summed E-state index contributed by atoms with van der Waals surface area (Å²) in [7, 11) is -1.62. The van der Waals surface area contributed by atoms with Crippen LogP contribution in [0.5, 0.6) is 5.75 Å². The van der Waals surface area contributed by atoms with Crippen molar-refractivity contribution >= 4 is 27.2 Å². The number of ether oxygens (including phenoxy) is 1. The smallest absolute Gasteiger partial charge is 0.329 e. The molecule has 2 aromatic carbocycles. The van der Waals surface area contributed by atoms with Gasteiger partial charge < -0.3 is 4.74 Å². The molecule has 2 fully saturated rings. The molecule has 4 rings (SSSR count). The summed E-state index contributed by atoms with van der Waals surface area (Å²) in [4.78, 5) is 16.5. The molecule has 2 amide bonds. The lowest BCUT2D eigenvalue weighted by molar-refractivity contribution is 0.255. The summed E-state index contributed by atoms with van der Waals surface area (Å²) in [5.74, 6) is 0.661. The Morgan fingerprint density at radius 3 is 2.15 bits per heavy atom. The lowest BCUT2D eigenvalue weighted by atomic mass is 10.1. The van der Waals surface area contributed by atoms with Crippen LogP contribution in [0, 0.1) is 6.92 Å². The van der Waals surface area contributed by atoms with Crippen molar-refractivity contribution in [2.24, 2.45) is 0 Å². The molecule has 2 aromatic rings. The summed E-state index contributed by atoms with van der Waals surface area (Å²) in [6.07, 6.45) is 0. The number of methoxy groups -OCH3 is 1. The fourth-order valence-electron chi connectivity index (χ4n) is 3.83. The predicted octanol–water partition coefficient (Wildman–Crippen LogP) is 2.62. The number of sulfone groups is 1. The quantitative estimate of drug-likeness (QED) is 0.777. The van der Waals surface area contributed by atoms with Crippen molar-refractivity contribution in [3.05, 3.63) is 54.1 Å². The van der Waals surface area contributed by atoms with Crippen molar-refractivity contribution in [3.8, 4) is 5.75 Å². The number of rotatable bonds is 3. The number of benzene rings is 2. The fourth-order valence-corrected chi connectivity index (χ4v) is 5.75. The van der Waals surface area contributed by atoms with Gasteiger partial charge in [0, 0.05) is 11.4 Å². The minimum atomic E-state index is -3.19. The van der Waals surface area contributed by atoms with Crippen LogP contribution >= 0.6 is 0 Å². The average molecular weight is 372 g/mol. The number of anilines is 2. The average Bonchev–Trinajstić information content (AvgIpc) is 3.03. The minimum Gasteiger partial charge on any atom is -0.497 e. The molecule has 2 atom stereocenters. The standard InChI is InChI=1S/C19H20N2O4S/c1-13-4-3-5-15(10-13)21-18-12-26(23,24)11-17(18)20(19(21)22)14-6-8-16(25-2)9-7-14/h3-10,17-18H,11-12H2,1-2H3/t17-,18+/m1/s1. The van der Waals surface area contributed by atoms with Gasteiger partial charge in [0.1, 0.15) is 5.75 Å². The third-order valence-corrected chi connectivity index (χ3v) is 6.70. The minimum absolute atomic E-state index is 0.00992. The molecule has 2 aliphatic heterocycles. The van der Waals surface area contributed by atoms with E-state index in [2.05, 4.69) is 0 Å². The second-order valence-corrected chi connectivity index (χ2v) is 8.93. The molecular formula is C19H20N2O4S. The summed E-state index contributed by atoms with van der Waals surface area (Å²) in [5, 5.41) is 0. The van der Waals surface area contributed by atoms with E-state index in [0.717, 1.165) is 11.3 Å². The number of urea groups is 1. The van der Waals surface area contributed by atoms with Crippen molar-refractivity contribution in [2.45, 2.75) is 19.0 Å². The van der Waals surface area contributed by atoms with E-state index >= 15 is 0 Å². The highest BCUT2D eigenvalue weighted by molar-refractivity contribution is 7.91. The van der Waals surface area contributed by atoms with E-state index in [9.17, 15) is 13.2 Å². The van der Waals surface area contributed by atoms with Crippen LogP contribution in [0.15, 0.2) is 48.5 Å². The summed E-state index contributed by atoms with van der Waals surface area (Å²) in [5.41, 5.74) is 2.44. The van der Waals surface area contributed by atoms with Crippen molar-refractivity contribution < 1.29 is 17.9 Å². The van der Waals surface area contributed by atoms with Gasteiger partial charge in [-0.05, 0) is 48.9 Å². The monoisotopic (exact) mass is 372 g/mol. The molecule has 0 aromatic heterocycles. The molecule has 0 N–H and O–H groups in total. The van der Waals surface area contributed by atoms with E-state index in [1.807, 2.05) is 31.2 Å². The third kappa shape index (κ3) is 2.72. The number of carbonyl (C=O) groups is 1. The number of amides is 2. The maximum Gasteiger partial charge on any atom is 0.329 e. The first-order chi connectivity index (χ1) is 12.4. The maximum atomic E-state index is 13.2. The Morgan fingerprint density at radius 1 is 0.962 bits per heavy atom. The molecule has 0 unspecified atom stereocenters. The molecule has 0 saturated carbocycles. The maximum absolute atomic E-state index is 13.2. The molecule has 6 nitrogen and oxygen atoms in total. The van der Waals surface area contributed by atoms with Crippen LogP contribution in [0.2, 0.25) is 0 Å². The molecule has 2 aliphatic rings. The highest BCUT2D eigenvalue weighted by Gasteiger charge is 2.54. The first kappa shape index (κ1) is 16.9. The van der Waals surface area contributed by atoms with Crippen LogP contribution in [-0.4, -0.2) is 45.1 Å². The van der Waals surface area contributed by atoms with Crippen molar-refractivity contribution in [1.82, 2.24) is 0 Å². The third-order valence-electron chi connectivity index (χ3n) is 5.00. The van der Waals surface area contributed by atoms with Crippen LogP contribution in [0.25, 0.3) is 0 Å². The summed E-state index contributed by atoms with van der Waals surface area (Å²) in [6.45, 7) is 1.95. The Labute approximate surface area is 152 Å². The number of hydrogen-bond donors (Lipinski definition) is 0. The Bertz CT molecular complexity index is 956. The molecule has 2 saturated heterocycles. The number of fused-ring (bicyclic) bond motifs is 1. The highest BCUT2D eigenvalue weighted by atomic mass is 32.2. The Morgan fingerprint density at radius 2 is 1.58 bits per heavy atom. The molecule has 136 valence electrons. The van der Waals surface area contributed by atoms with E-state index in [0.29, 0.717) is 11.4 Å². The highest BCUT2D eigenvalue weighted by Crippen LogP contribution is 2.38. The predicted molar refractivity (Wildman–Crippen MR) is 101 cm³/mol. The van der Waals surface area contributed by atoms with Gasteiger partial charge in [-0.25, -0.2) is 13.2 Å². The van der Waals surface area contributed by atoms with E-state index in [1.165, 1.54) is 0 Å². The number of nitrogens with zero attached hydrogens (tertiary/aromatic N) is 2. The van der Waals surface area contributed by atoms with Crippen LogP contribution in [0.1, 0.15) is 5.56 Å². The van der Waals surface area contributed by atoms with E-state index in [-0.39, 0.29) is 29.6 Å². The van der Waals surface area contributed by atoms with Gasteiger partial charge in [-0.2, -0.15) is 0 Å². The van der Waals surface area contributed by atoms with Gasteiger partial charge in [-0.3, -0.25) is 9.80 Å². The molecule has 0 bridgehead atoms. The number of hydrogen-bond acceptors (Lipinski definition) is 4. The summed E-state index contributed by atoms with van der Waals surface area (Å²) in [6, 6.07) is 13.8. The molecular weight excluding hydrogens is 352 g/mol. The van der Waals surface area contributed by atoms with Gasteiger partial charge >= 0.3 is 6.03 Å². The zero-order valence-corrected chi connectivity index (χ0v) is 15.4. The van der Waals surface area contributed by atoms with Gasteiger partial charge in [0.05, 0.1) is 30.7 Å². The van der Waals surface area contributed by atoms with Gasteiger partial charge in [0.15, 0.2) is 9.84 Å². The topological polar surface area (TPSA) is 66.9 Å². The van der Waals surface area contributed by atoms with Crippen LogP contribution in [0.4, 0.5) is 16.2 Å². The Balaban J connectivity index is 1.78. The normalized spacial score (nSPS) is 24.0. The molecule has 0 radical (unpaired) electrons. The molecule has 7 heteroatoms. The summed E-state index contributed by atoms with van der Waals surface area (Å²) >= 11 is 0. The van der Waals surface area contributed by atoms with Crippen molar-refractivity contribution in [2.75, 3.05) is 28.4 Å². The largest absolute Gasteiger partial charge is 0.497 e. The van der Waals surface area contributed by atoms with Crippen LogP contribution < -0.4 is 14.5 Å². The lowest BCUT2D eigenvalue weighted by Gasteiger charge is -2.23. The second kappa shape index (κ2) is 6.02. The fraction of sp³-hybridized carbons (Fsp3) is 0.316. The first-order valence-electron chi connectivity index (χ1n) is 8.43. The first-order valence-corrected chi connectivity index (χ1v) is 10.3. The second-order valence-electron chi connectivity index (χ2n) is 6.77. The van der Waals surface area contributed by atoms with Gasteiger partial charge in [-0.15, -0.1) is 0 Å². The summed E-state index contributed by atoms with van der Waals surface area (Å²) < 4.78 is 29.7. The molecule has 0 spiro atoms. The molecule has 26 heavy (non-hydrogen) atoms. The number of aryl methyl sites for hydroxylation is 1. The van der Waals surface area contributed by atoms with E-state index < -0.39 is 9.84 Å². The van der Waals surface area contributed by atoms with Gasteiger partial charge in [0.2, 0.25) is 0 Å². The molecule has 2 heterocycles. The molecule has 0 aliphatic carbocycles. The lowest BCUT2D eigenvalue weighted by Crippen LogP contribution is -2.37.